The number of nitrogens with zero attached hydrogens (tertiary/aromatic N) is 1. The lowest BCUT2D eigenvalue weighted by Crippen LogP contribution is -2.24. The second-order valence-corrected chi connectivity index (χ2v) is 8.29. The molecule has 0 fully saturated rings. The lowest BCUT2D eigenvalue weighted by atomic mass is 9.87. The van der Waals surface area contributed by atoms with E-state index in [1.54, 1.807) is 6.92 Å². The van der Waals surface area contributed by atoms with E-state index >= 15 is 0 Å². The fourth-order valence-electron chi connectivity index (χ4n) is 2.83. The van der Waals surface area contributed by atoms with Crippen molar-refractivity contribution in [2.24, 2.45) is 0 Å². The van der Waals surface area contributed by atoms with Crippen LogP contribution in [0, 0.1) is 17.4 Å². The minimum atomic E-state index is 0.0286. The van der Waals surface area contributed by atoms with Gasteiger partial charge in [-0.05, 0) is 82.8 Å². The monoisotopic (exact) mass is 421 g/mol. The molecule has 0 aliphatic carbocycles. The van der Waals surface area contributed by atoms with Gasteiger partial charge < -0.3 is 0 Å². The smallest absolute Gasteiger partial charge is 0.228 e. The second kappa shape index (κ2) is 6.63. The predicted octanol–water partition coefficient (Wildman–Crippen LogP) is 5.89. The summed E-state index contributed by atoms with van der Waals surface area (Å²) < 4.78 is 1.19. The first kappa shape index (κ1) is 18.0. The van der Waals surface area contributed by atoms with Gasteiger partial charge in [-0.2, -0.15) is 0 Å². The Morgan fingerprint density at radius 2 is 1.48 bits per heavy atom. The lowest BCUT2D eigenvalue weighted by Gasteiger charge is -2.27. The molecule has 0 heterocycles. The van der Waals surface area contributed by atoms with Gasteiger partial charge in [0.2, 0.25) is 5.91 Å². The molecule has 2 aromatic rings. The van der Waals surface area contributed by atoms with E-state index in [9.17, 15) is 4.79 Å². The molecule has 0 bridgehead atoms. The summed E-state index contributed by atoms with van der Waals surface area (Å²) in [5.41, 5.74) is 5.50. The summed E-state index contributed by atoms with van der Waals surface area (Å²) in [7, 11) is 0. The Hall–Kier alpha value is -1.36. The number of carbonyl (C=O) groups is 1. The maximum Gasteiger partial charge on any atom is 0.228 e. The number of carbonyl (C=O) groups excluding carboxylic acids is 1. The molecular formula is C20H24INO. The van der Waals surface area contributed by atoms with E-state index in [1.807, 2.05) is 17.0 Å². The Labute approximate surface area is 153 Å². The summed E-state index contributed by atoms with van der Waals surface area (Å²) in [5, 5.41) is 0. The van der Waals surface area contributed by atoms with Crippen molar-refractivity contribution in [1.82, 2.24) is 0 Å². The van der Waals surface area contributed by atoms with Gasteiger partial charge in [-0.15, -0.1) is 0 Å². The van der Waals surface area contributed by atoms with E-state index in [0.717, 1.165) is 22.5 Å². The molecule has 0 radical (unpaired) electrons. The number of hydrogen-bond acceptors (Lipinski definition) is 1. The molecule has 0 N–H and O–H groups in total. The van der Waals surface area contributed by atoms with Gasteiger partial charge in [-0.3, -0.25) is 9.69 Å². The SMILES string of the molecule is CC(=O)N(c1ccc(C(C)(C)C)cc1)c1c(C)cc(I)cc1C. The normalized spacial score (nSPS) is 11.4. The van der Waals surface area contributed by atoms with Gasteiger partial charge in [0, 0.05) is 16.2 Å². The zero-order valence-corrected chi connectivity index (χ0v) is 16.9. The number of aryl methyl sites for hydroxylation is 2. The topological polar surface area (TPSA) is 20.3 Å². The quantitative estimate of drug-likeness (QED) is 0.554. The van der Waals surface area contributed by atoms with Crippen LogP contribution in [0.4, 0.5) is 11.4 Å². The van der Waals surface area contributed by atoms with E-state index in [-0.39, 0.29) is 11.3 Å². The van der Waals surface area contributed by atoms with E-state index in [4.69, 9.17) is 0 Å². The molecule has 0 saturated heterocycles. The first-order valence-corrected chi connectivity index (χ1v) is 8.87. The molecule has 0 spiro atoms. The Bertz CT molecular complexity index is 703. The second-order valence-electron chi connectivity index (χ2n) is 7.04. The first-order valence-electron chi connectivity index (χ1n) is 7.79. The largest absolute Gasteiger partial charge is 0.281 e. The van der Waals surface area contributed by atoms with Crippen LogP contribution in [0.3, 0.4) is 0 Å². The maximum absolute atomic E-state index is 12.3. The van der Waals surface area contributed by atoms with E-state index < -0.39 is 0 Å². The molecule has 2 rings (SSSR count). The highest BCUT2D eigenvalue weighted by Crippen LogP contribution is 2.34. The van der Waals surface area contributed by atoms with Crippen LogP contribution in [0.25, 0.3) is 0 Å². The molecule has 23 heavy (non-hydrogen) atoms. The van der Waals surface area contributed by atoms with Gasteiger partial charge in [-0.1, -0.05) is 32.9 Å². The molecule has 0 unspecified atom stereocenters. The molecule has 122 valence electrons. The molecule has 0 aliphatic rings. The summed E-state index contributed by atoms with van der Waals surface area (Å²) in [6.45, 7) is 12.3. The standard InChI is InChI=1S/C20H24INO/c1-13-11-17(21)12-14(2)19(13)22(15(3)23)18-9-7-16(8-10-18)20(4,5)6/h7-12H,1-6H3. The van der Waals surface area contributed by atoms with Crippen LogP contribution in [0.5, 0.6) is 0 Å². The van der Waals surface area contributed by atoms with E-state index in [0.29, 0.717) is 0 Å². The highest BCUT2D eigenvalue weighted by atomic mass is 127. The minimum absolute atomic E-state index is 0.0286. The zero-order chi connectivity index (χ0) is 17.4. The molecule has 0 aromatic heterocycles. The Morgan fingerprint density at radius 3 is 1.87 bits per heavy atom. The lowest BCUT2D eigenvalue weighted by molar-refractivity contribution is -0.115. The van der Waals surface area contributed by atoms with Crippen LogP contribution in [-0.4, -0.2) is 5.91 Å². The maximum atomic E-state index is 12.3. The molecule has 0 atom stereocenters. The third-order valence-corrected chi connectivity index (χ3v) is 4.61. The van der Waals surface area contributed by atoms with Crippen molar-refractivity contribution in [3.05, 3.63) is 56.7 Å². The number of anilines is 2. The molecule has 2 nitrogen and oxygen atoms in total. The van der Waals surface area contributed by atoms with Crippen molar-refractivity contribution in [3.8, 4) is 0 Å². The van der Waals surface area contributed by atoms with Crippen LogP contribution in [0.2, 0.25) is 0 Å². The number of halogens is 1. The third-order valence-electron chi connectivity index (χ3n) is 3.99. The number of rotatable bonds is 2. The zero-order valence-electron chi connectivity index (χ0n) is 14.7. The molecule has 2 aromatic carbocycles. The summed E-state index contributed by atoms with van der Waals surface area (Å²) in [6.07, 6.45) is 0. The van der Waals surface area contributed by atoms with Crippen molar-refractivity contribution in [3.63, 3.8) is 0 Å². The van der Waals surface area contributed by atoms with Gasteiger partial charge in [0.25, 0.3) is 0 Å². The van der Waals surface area contributed by atoms with Crippen LogP contribution < -0.4 is 4.90 Å². The van der Waals surface area contributed by atoms with Gasteiger partial charge in [0.05, 0.1) is 5.69 Å². The molecule has 1 amide bonds. The third kappa shape index (κ3) is 3.94. The van der Waals surface area contributed by atoms with E-state index in [1.165, 1.54) is 9.13 Å². The highest BCUT2D eigenvalue weighted by Gasteiger charge is 2.20. The summed E-state index contributed by atoms with van der Waals surface area (Å²) >= 11 is 2.31. The average molecular weight is 421 g/mol. The fourth-order valence-corrected chi connectivity index (χ4v) is 3.77. The fraction of sp³-hybridized carbons (Fsp3) is 0.350. The van der Waals surface area contributed by atoms with Gasteiger partial charge in [0.1, 0.15) is 0 Å². The number of benzene rings is 2. The minimum Gasteiger partial charge on any atom is -0.281 e. The summed E-state index contributed by atoms with van der Waals surface area (Å²) in [5.74, 6) is 0.0286. The van der Waals surface area contributed by atoms with Crippen LogP contribution in [-0.2, 0) is 10.2 Å². The van der Waals surface area contributed by atoms with Crippen molar-refractivity contribution in [2.45, 2.75) is 47.0 Å². The highest BCUT2D eigenvalue weighted by molar-refractivity contribution is 14.1. The Balaban J connectivity index is 2.55. The molecular weight excluding hydrogens is 397 g/mol. The van der Waals surface area contributed by atoms with Crippen molar-refractivity contribution >= 4 is 39.9 Å². The van der Waals surface area contributed by atoms with Gasteiger partial charge in [-0.25, -0.2) is 0 Å². The van der Waals surface area contributed by atoms with Crippen molar-refractivity contribution in [2.75, 3.05) is 4.90 Å². The Morgan fingerprint density at radius 1 is 1.00 bits per heavy atom. The van der Waals surface area contributed by atoms with Gasteiger partial charge in [0.15, 0.2) is 0 Å². The first-order chi connectivity index (χ1) is 10.6. The number of amides is 1. The van der Waals surface area contributed by atoms with Crippen LogP contribution in [0.15, 0.2) is 36.4 Å². The van der Waals surface area contributed by atoms with Crippen LogP contribution >= 0.6 is 22.6 Å². The van der Waals surface area contributed by atoms with E-state index in [2.05, 4.69) is 81.5 Å². The summed E-state index contributed by atoms with van der Waals surface area (Å²) in [6, 6.07) is 12.5. The van der Waals surface area contributed by atoms with Crippen molar-refractivity contribution < 1.29 is 4.79 Å². The Kier molecular flexibility index (Phi) is 5.19. The molecule has 0 saturated carbocycles. The van der Waals surface area contributed by atoms with Gasteiger partial charge >= 0.3 is 0 Å². The number of hydrogen-bond donors (Lipinski definition) is 0. The molecule has 3 heteroatoms. The predicted molar refractivity (Wildman–Crippen MR) is 107 cm³/mol. The van der Waals surface area contributed by atoms with Crippen LogP contribution in [0.1, 0.15) is 44.4 Å². The average Bonchev–Trinajstić information content (AvgIpc) is 2.41. The van der Waals surface area contributed by atoms with Crippen molar-refractivity contribution in [1.29, 1.82) is 0 Å². The summed E-state index contributed by atoms with van der Waals surface area (Å²) in [4.78, 5) is 14.2. The molecule has 0 aliphatic heterocycles.